The van der Waals surface area contributed by atoms with Crippen LogP contribution in [0.1, 0.15) is 0 Å². The molecule has 0 saturated carbocycles. The number of nitrogens with two attached hydrogens (primary N) is 1. The van der Waals surface area contributed by atoms with Crippen molar-refractivity contribution in [1.29, 1.82) is 0 Å². The van der Waals surface area contributed by atoms with Gasteiger partial charge in [-0.25, -0.2) is 4.98 Å². The maximum atomic E-state index is 10.5. The van der Waals surface area contributed by atoms with Gasteiger partial charge in [-0.15, -0.1) is 0 Å². The number of anilines is 1. The number of H-pyrrole nitrogens is 1. The SMILES string of the molecule is Nc1nc(OCC(O)OCP(=O)(O)O)nc2nc[nH]c12. The van der Waals surface area contributed by atoms with E-state index >= 15 is 0 Å². The minimum absolute atomic E-state index is 0.119. The molecule has 0 amide bonds. The number of hydrogen-bond donors (Lipinski definition) is 5. The highest BCUT2D eigenvalue weighted by Crippen LogP contribution is 2.34. The minimum Gasteiger partial charge on any atom is -0.458 e. The number of nitrogens with one attached hydrogen (secondary N) is 1. The van der Waals surface area contributed by atoms with Gasteiger partial charge in [0.05, 0.1) is 6.33 Å². The van der Waals surface area contributed by atoms with Crippen LogP contribution in [0.4, 0.5) is 5.82 Å². The summed E-state index contributed by atoms with van der Waals surface area (Å²) in [7, 11) is -4.35. The fraction of sp³-hybridized carbons (Fsp3) is 0.375. The number of aliphatic hydroxyl groups excluding tert-OH is 1. The quantitative estimate of drug-likeness (QED) is 0.321. The van der Waals surface area contributed by atoms with E-state index in [-0.39, 0.29) is 17.5 Å². The maximum absolute atomic E-state index is 10.5. The molecule has 6 N–H and O–H groups in total. The van der Waals surface area contributed by atoms with Crippen LogP contribution in [0.3, 0.4) is 0 Å². The van der Waals surface area contributed by atoms with Gasteiger partial charge in [0.1, 0.15) is 12.1 Å². The molecular formula is C8H12N5O6P. The molecule has 0 fully saturated rings. The molecule has 11 nitrogen and oxygen atoms in total. The molecule has 0 aliphatic carbocycles. The Labute approximate surface area is 111 Å². The Hall–Kier alpha value is -1.78. The van der Waals surface area contributed by atoms with Crippen molar-refractivity contribution in [3.63, 3.8) is 0 Å². The molecule has 20 heavy (non-hydrogen) atoms. The van der Waals surface area contributed by atoms with Crippen molar-refractivity contribution in [2.24, 2.45) is 0 Å². The third-order valence-corrected chi connectivity index (χ3v) is 2.57. The average Bonchev–Trinajstić information content (AvgIpc) is 2.81. The number of nitrogens with zero attached hydrogens (tertiary/aromatic N) is 3. The van der Waals surface area contributed by atoms with Crippen molar-refractivity contribution in [3.05, 3.63) is 6.33 Å². The fourth-order valence-electron chi connectivity index (χ4n) is 1.28. The first kappa shape index (κ1) is 14.6. The monoisotopic (exact) mass is 305 g/mol. The van der Waals surface area contributed by atoms with Crippen molar-refractivity contribution in [2.75, 3.05) is 18.7 Å². The average molecular weight is 305 g/mol. The summed E-state index contributed by atoms with van der Waals surface area (Å²) in [6.07, 6.45) is -1.07. The molecule has 2 rings (SSSR count). The molecule has 0 aromatic carbocycles. The van der Waals surface area contributed by atoms with E-state index in [0.29, 0.717) is 5.52 Å². The number of fused-ring (bicyclic) bond motifs is 1. The van der Waals surface area contributed by atoms with Crippen LogP contribution < -0.4 is 10.5 Å². The molecule has 0 spiro atoms. The summed E-state index contributed by atoms with van der Waals surface area (Å²) < 4.78 is 20.0. The van der Waals surface area contributed by atoms with Gasteiger partial charge in [0, 0.05) is 0 Å². The zero-order chi connectivity index (χ0) is 14.8. The van der Waals surface area contributed by atoms with Gasteiger partial charge in [-0.1, -0.05) is 0 Å². The van der Waals surface area contributed by atoms with Crippen LogP contribution in [-0.4, -0.2) is 54.1 Å². The van der Waals surface area contributed by atoms with E-state index in [2.05, 4.69) is 24.7 Å². The summed E-state index contributed by atoms with van der Waals surface area (Å²) in [6, 6.07) is -0.138. The van der Waals surface area contributed by atoms with Gasteiger partial charge in [0.25, 0.3) is 0 Å². The first-order valence-electron chi connectivity index (χ1n) is 5.29. The highest BCUT2D eigenvalue weighted by molar-refractivity contribution is 7.51. The Balaban J connectivity index is 1.93. The van der Waals surface area contributed by atoms with E-state index in [9.17, 15) is 9.67 Å². The molecule has 1 atom stereocenters. The lowest BCUT2D eigenvalue weighted by Gasteiger charge is -2.12. The zero-order valence-corrected chi connectivity index (χ0v) is 10.9. The van der Waals surface area contributed by atoms with Gasteiger partial charge < -0.3 is 35.1 Å². The molecule has 0 bridgehead atoms. The molecule has 12 heteroatoms. The van der Waals surface area contributed by atoms with Crippen LogP contribution in [0.15, 0.2) is 6.33 Å². The van der Waals surface area contributed by atoms with E-state index in [1.807, 2.05) is 0 Å². The highest BCUT2D eigenvalue weighted by Gasteiger charge is 2.17. The van der Waals surface area contributed by atoms with Crippen molar-refractivity contribution in [1.82, 2.24) is 19.9 Å². The Kier molecular flexibility index (Phi) is 4.16. The number of imidazole rings is 1. The largest absolute Gasteiger partial charge is 0.458 e. The van der Waals surface area contributed by atoms with Crippen molar-refractivity contribution < 1.29 is 28.9 Å². The molecule has 2 aromatic rings. The first-order valence-corrected chi connectivity index (χ1v) is 7.08. The summed E-state index contributed by atoms with van der Waals surface area (Å²) in [5, 5.41) is 9.32. The molecule has 2 aromatic heterocycles. The molecule has 1 unspecified atom stereocenters. The van der Waals surface area contributed by atoms with Gasteiger partial charge in [0.15, 0.2) is 24.1 Å². The predicted molar refractivity (Wildman–Crippen MR) is 65.6 cm³/mol. The lowest BCUT2D eigenvalue weighted by molar-refractivity contribution is -0.108. The van der Waals surface area contributed by atoms with Gasteiger partial charge in [-0.05, 0) is 0 Å². The smallest absolute Gasteiger partial charge is 0.351 e. The molecule has 2 heterocycles. The van der Waals surface area contributed by atoms with Gasteiger partial charge in [-0.2, -0.15) is 9.97 Å². The van der Waals surface area contributed by atoms with Crippen molar-refractivity contribution in [2.45, 2.75) is 6.29 Å². The molecule has 0 saturated heterocycles. The number of aromatic nitrogens is 4. The third-order valence-electron chi connectivity index (χ3n) is 2.08. The lowest BCUT2D eigenvalue weighted by Crippen LogP contribution is -2.22. The fourth-order valence-corrected chi connectivity index (χ4v) is 1.64. The van der Waals surface area contributed by atoms with Crippen LogP contribution in [0.25, 0.3) is 11.2 Å². The Bertz CT molecular complexity index is 641. The normalized spacial score (nSPS) is 13.6. The second kappa shape index (κ2) is 5.69. The molecule has 110 valence electrons. The molecule has 0 aliphatic heterocycles. The van der Waals surface area contributed by atoms with Crippen molar-refractivity contribution in [3.8, 4) is 6.01 Å². The third kappa shape index (κ3) is 3.85. The summed E-state index contributed by atoms with van der Waals surface area (Å²) in [5.41, 5.74) is 6.37. The second-order valence-corrected chi connectivity index (χ2v) is 5.31. The molecular weight excluding hydrogens is 293 g/mol. The summed E-state index contributed by atoms with van der Waals surface area (Å²) in [4.78, 5) is 31.4. The number of aromatic amines is 1. The van der Waals surface area contributed by atoms with Crippen LogP contribution in [0.5, 0.6) is 6.01 Å². The summed E-state index contributed by atoms with van der Waals surface area (Å²) >= 11 is 0. The zero-order valence-electron chi connectivity index (χ0n) is 10.0. The van der Waals surface area contributed by atoms with Crippen LogP contribution in [-0.2, 0) is 9.30 Å². The minimum atomic E-state index is -4.35. The second-order valence-electron chi connectivity index (χ2n) is 3.72. The Morgan fingerprint density at radius 3 is 2.90 bits per heavy atom. The van der Waals surface area contributed by atoms with E-state index in [4.69, 9.17) is 20.3 Å². The van der Waals surface area contributed by atoms with Gasteiger partial charge >= 0.3 is 13.6 Å². The number of ether oxygens (including phenoxy) is 2. The number of nitrogen functional groups attached to an aromatic ring is 1. The van der Waals surface area contributed by atoms with Crippen LogP contribution >= 0.6 is 7.60 Å². The van der Waals surface area contributed by atoms with E-state index < -0.39 is 26.8 Å². The molecule has 0 aliphatic rings. The number of rotatable bonds is 6. The number of hydrogen-bond acceptors (Lipinski definition) is 8. The molecule has 0 radical (unpaired) electrons. The number of aliphatic hydroxyl groups is 1. The Morgan fingerprint density at radius 1 is 1.45 bits per heavy atom. The Morgan fingerprint density at radius 2 is 2.20 bits per heavy atom. The van der Waals surface area contributed by atoms with Crippen LogP contribution in [0, 0.1) is 0 Å². The standard InChI is InChI=1S/C8H12N5O6P/c9-6-5-7(11-2-10-5)13-8(12-6)18-1-4(14)19-3-20(15,16)17/h2,4,14H,1,3H2,(H2,15,16,17)(H3,9,10,11,12,13). The lowest BCUT2D eigenvalue weighted by atomic mass is 10.5. The van der Waals surface area contributed by atoms with Gasteiger partial charge in [0.2, 0.25) is 0 Å². The van der Waals surface area contributed by atoms with E-state index in [1.54, 1.807) is 0 Å². The topological polar surface area (TPSA) is 177 Å². The predicted octanol–water partition coefficient (Wildman–Crippen LogP) is -1.22. The highest BCUT2D eigenvalue weighted by atomic mass is 31.2. The van der Waals surface area contributed by atoms with Crippen molar-refractivity contribution >= 4 is 24.6 Å². The maximum Gasteiger partial charge on any atom is 0.351 e. The first-order chi connectivity index (χ1) is 9.35. The summed E-state index contributed by atoms with van der Waals surface area (Å²) in [5.74, 6) is 0.119. The van der Waals surface area contributed by atoms with E-state index in [1.165, 1.54) is 6.33 Å². The van der Waals surface area contributed by atoms with E-state index in [0.717, 1.165) is 0 Å². The summed E-state index contributed by atoms with van der Waals surface area (Å²) in [6.45, 7) is -0.421. The van der Waals surface area contributed by atoms with Gasteiger partial charge in [-0.3, -0.25) is 4.57 Å². The van der Waals surface area contributed by atoms with Crippen LogP contribution in [0.2, 0.25) is 0 Å².